The van der Waals surface area contributed by atoms with Gasteiger partial charge in [-0.1, -0.05) is 18.2 Å². The summed E-state index contributed by atoms with van der Waals surface area (Å²) in [6.45, 7) is 5.01. The van der Waals surface area contributed by atoms with Gasteiger partial charge in [-0.05, 0) is 31.9 Å². The Morgan fingerprint density at radius 1 is 1.29 bits per heavy atom. The molecule has 2 aliphatic rings. The van der Waals surface area contributed by atoms with Crippen LogP contribution in [-0.2, 0) is 9.59 Å². The standard InChI is InChI=1S/C16H21N3O2/c1-10-9-13(12-5-3-4-6-14(12)18-10)16(21)19-8-7-17-15(20)11(19)2/h3-6,10-11,13,18H,7-9H2,1-2H3,(H,17,20). The van der Waals surface area contributed by atoms with Crippen LogP contribution < -0.4 is 10.6 Å². The molecule has 0 bridgehead atoms. The highest BCUT2D eigenvalue weighted by Gasteiger charge is 2.37. The van der Waals surface area contributed by atoms with Crippen LogP contribution in [0.4, 0.5) is 5.69 Å². The van der Waals surface area contributed by atoms with Crippen LogP contribution in [0.15, 0.2) is 24.3 Å². The summed E-state index contributed by atoms with van der Waals surface area (Å²) in [5.41, 5.74) is 2.07. The molecule has 0 aromatic heterocycles. The molecule has 0 radical (unpaired) electrons. The lowest BCUT2D eigenvalue weighted by atomic mass is 9.86. The van der Waals surface area contributed by atoms with E-state index in [1.165, 1.54) is 0 Å². The Balaban J connectivity index is 1.89. The van der Waals surface area contributed by atoms with E-state index >= 15 is 0 Å². The number of rotatable bonds is 1. The van der Waals surface area contributed by atoms with Gasteiger partial charge >= 0.3 is 0 Å². The Morgan fingerprint density at radius 2 is 2.05 bits per heavy atom. The largest absolute Gasteiger partial charge is 0.382 e. The average molecular weight is 287 g/mol. The molecule has 0 saturated carbocycles. The van der Waals surface area contributed by atoms with Crippen molar-refractivity contribution in [1.82, 2.24) is 10.2 Å². The number of nitrogens with one attached hydrogen (secondary N) is 2. The van der Waals surface area contributed by atoms with Gasteiger partial charge in [-0.3, -0.25) is 9.59 Å². The number of benzene rings is 1. The lowest BCUT2D eigenvalue weighted by molar-refractivity contribution is -0.143. The molecule has 3 unspecified atom stereocenters. The maximum atomic E-state index is 12.9. The number of carbonyl (C=O) groups is 2. The Hall–Kier alpha value is -2.04. The predicted molar refractivity (Wildman–Crippen MR) is 81.1 cm³/mol. The molecule has 1 aromatic carbocycles. The van der Waals surface area contributed by atoms with E-state index in [0.29, 0.717) is 13.1 Å². The van der Waals surface area contributed by atoms with Crippen molar-refractivity contribution in [2.75, 3.05) is 18.4 Å². The molecule has 2 N–H and O–H groups in total. The summed E-state index contributed by atoms with van der Waals surface area (Å²) in [5, 5.41) is 6.22. The molecule has 3 rings (SSSR count). The van der Waals surface area contributed by atoms with Crippen molar-refractivity contribution < 1.29 is 9.59 Å². The molecule has 0 spiro atoms. The van der Waals surface area contributed by atoms with Crippen molar-refractivity contribution in [3.63, 3.8) is 0 Å². The van der Waals surface area contributed by atoms with Gasteiger partial charge in [0.2, 0.25) is 11.8 Å². The Morgan fingerprint density at radius 3 is 2.86 bits per heavy atom. The van der Waals surface area contributed by atoms with Crippen molar-refractivity contribution in [2.45, 2.75) is 38.3 Å². The first kappa shape index (κ1) is 13.9. The summed E-state index contributed by atoms with van der Waals surface area (Å²) in [4.78, 5) is 26.4. The molecule has 5 heteroatoms. The minimum Gasteiger partial charge on any atom is -0.382 e. The summed E-state index contributed by atoms with van der Waals surface area (Å²) >= 11 is 0. The third-order valence-corrected chi connectivity index (χ3v) is 4.41. The van der Waals surface area contributed by atoms with Gasteiger partial charge in [-0.15, -0.1) is 0 Å². The minimum atomic E-state index is -0.386. The second kappa shape index (κ2) is 5.39. The van der Waals surface area contributed by atoms with E-state index in [2.05, 4.69) is 17.6 Å². The van der Waals surface area contributed by atoms with E-state index in [0.717, 1.165) is 17.7 Å². The second-order valence-corrected chi connectivity index (χ2v) is 5.92. The van der Waals surface area contributed by atoms with Gasteiger partial charge in [0, 0.05) is 24.8 Å². The van der Waals surface area contributed by atoms with Crippen molar-refractivity contribution in [1.29, 1.82) is 0 Å². The molecule has 1 aromatic rings. The van der Waals surface area contributed by atoms with Crippen LogP contribution in [0.3, 0.4) is 0 Å². The third kappa shape index (κ3) is 2.48. The first-order valence-corrected chi connectivity index (χ1v) is 7.51. The van der Waals surface area contributed by atoms with Gasteiger partial charge in [0.05, 0.1) is 5.92 Å². The van der Waals surface area contributed by atoms with Crippen LogP contribution >= 0.6 is 0 Å². The highest BCUT2D eigenvalue weighted by atomic mass is 16.2. The Kier molecular flexibility index (Phi) is 3.57. The first-order chi connectivity index (χ1) is 10.1. The van der Waals surface area contributed by atoms with Gasteiger partial charge in [0.1, 0.15) is 6.04 Å². The molecule has 1 fully saturated rings. The highest BCUT2D eigenvalue weighted by molar-refractivity contribution is 5.92. The van der Waals surface area contributed by atoms with Gasteiger partial charge in [0.25, 0.3) is 0 Å². The molecule has 2 amide bonds. The molecule has 0 aliphatic carbocycles. The fourth-order valence-corrected chi connectivity index (χ4v) is 3.25. The van der Waals surface area contributed by atoms with Crippen LogP contribution in [0, 0.1) is 0 Å². The summed E-state index contributed by atoms with van der Waals surface area (Å²) in [7, 11) is 0. The summed E-state index contributed by atoms with van der Waals surface area (Å²) in [5.74, 6) is -0.159. The van der Waals surface area contributed by atoms with Crippen LogP contribution in [0.25, 0.3) is 0 Å². The monoisotopic (exact) mass is 287 g/mol. The van der Waals surface area contributed by atoms with Crippen molar-refractivity contribution in [3.8, 4) is 0 Å². The zero-order chi connectivity index (χ0) is 15.0. The van der Waals surface area contributed by atoms with E-state index in [1.807, 2.05) is 24.3 Å². The molecule has 5 nitrogen and oxygen atoms in total. The third-order valence-electron chi connectivity index (χ3n) is 4.41. The van der Waals surface area contributed by atoms with Crippen LogP contribution in [0.2, 0.25) is 0 Å². The van der Waals surface area contributed by atoms with Gasteiger partial charge < -0.3 is 15.5 Å². The quantitative estimate of drug-likeness (QED) is 0.819. The normalized spacial score (nSPS) is 28.4. The highest BCUT2D eigenvalue weighted by Crippen LogP contribution is 2.35. The fraction of sp³-hybridized carbons (Fsp3) is 0.500. The van der Waals surface area contributed by atoms with Crippen molar-refractivity contribution in [3.05, 3.63) is 29.8 Å². The number of nitrogens with zero attached hydrogens (tertiary/aromatic N) is 1. The van der Waals surface area contributed by atoms with E-state index in [-0.39, 0.29) is 29.8 Å². The molecule has 21 heavy (non-hydrogen) atoms. The molecule has 1 saturated heterocycles. The van der Waals surface area contributed by atoms with Crippen molar-refractivity contribution in [2.24, 2.45) is 0 Å². The lowest BCUT2D eigenvalue weighted by Gasteiger charge is -2.38. The van der Waals surface area contributed by atoms with Crippen LogP contribution in [0.5, 0.6) is 0 Å². The van der Waals surface area contributed by atoms with E-state index < -0.39 is 0 Å². The number of fused-ring (bicyclic) bond motifs is 1. The molecule has 3 atom stereocenters. The molecule has 2 heterocycles. The van der Waals surface area contributed by atoms with E-state index in [9.17, 15) is 9.59 Å². The van der Waals surface area contributed by atoms with Crippen molar-refractivity contribution >= 4 is 17.5 Å². The maximum absolute atomic E-state index is 12.9. The summed E-state index contributed by atoms with van der Waals surface area (Å²) in [6.07, 6.45) is 0.765. The molecule has 2 aliphatic heterocycles. The number of hydrogen-bond acceptors (Lipinski definition) is 3. The minimum absolute atomic E-state index is 0.0649. The predicted octanol–water partition coefficient (Wildman–Crippen LogP) is 1.32. The Labute approximate surface area is 124 Å². The molecule has 112 valence electrons. The van der Waals surface area contributed by atoms with Gasteiger partial charge in [-0.25, -0.2) is 0 Å². The topological polar surface area (TPSA) is 61.4 Å². The summed E-state index contributed by atoms with van der Waals surface area (Å²) in [6, 6.07) is 7.82. The SMILES string of the molecule is CC1CC(C(=O)N2CCNC(=O)C2C)c2ccccc2N1. The number of anilines is 1. The van der Waals surface area contributed by atoms with Crippen LogP contribution in [0.1, 0.15) is 31.7 Å². The molecular weight excluding hydrogens is 266 g/mol. The zero-order valence-electron chi connectivity index (χ0n) is 12.4. The van der Waals surface area contributed by atoms with Crippen LogP contribution in [-0.4, -0.2) is 41.9 Å². The number of amides is 2. The van der Waals surface area contributed by atoms with E-state index in [4.69, 9.17) is 0 Å². The van der Waals surface area contributed by atoms with E-state index in [1.54, 1.807) is 11.8 Å². The zero-order valence-corrected chi connectivity index (χ0v) is 12.4. The number of hydrogen-bond donors (Lipinski definition) is 2. The fourth-order valence-electron chi connectivity index (χ4n) is 3.25. The smallest absolute Gasteiger partial charge is 0.242 e. The molecular formula is C16H21N3O2. The summed E-state index contributed by atoms with van der Waals surface area (Å²) < 4.78 is 0. The Bertz CT molecular complexity index is 572. The van der Waals surface area contributed by atoms with Gasteiger partial charge in [-0.2, -0.15) is 0 Å². The lowest BCUT2D eigenvalue weighted by Crippen LogP contribution is -2.57. The number of para-hydroxylation sites is 1. The number of carbonyl (C=O) groups excluding carboxylic acids is 2. The number of piperazine rings is 1. The van der Waals surface area contributed by atoms with Gasteiger partial charge in [0.15, 0.2) is 0 Å². The maximum Gasteiger partial charge on any atom is 0.242 e. The average Bonchev–Trinajstić information content (AvgIpc) is 2.48. The second-order valence-electron chi connectivity index (χ2n) is 5.92. The first-order valence-electron chi connectivity index (χ1n) is 7.51.